The van der Waals surface area contributed by atoms with Crippen LogP contribution < -0.4 is 10.6 Å². The Morgan fingerprint density at radius 1 is 1.17 bits per heavy atom. The van der Waals surface area contributed by atoms with Crippen molar-refractivity contribution in [3.63, 3.8) is 0 Å². The fraction of sp³-hybridized carbons (Fsp3) is 0.353. The summed E-state index contributed by atoms with van der Waals surface area (Å²) in [4.78, 5) is 24.5. The maximum Gasteiger partial charge on any atom is 0.227 e. The molecule has 6 nitrogen and oxygen atoms in total. The second-order valence-electron chi connectivity index (χ2n) is 5.93. The van der Waals surface area contributed by atoms with Gasteiger partial charge in [-0.2, -0.15) is 0 Å². The fourth-order valence-corrected chi connectivity index (χ4v) is 2.97. The quantitative estimate of drug-likeness (QED) is 0.919. The molecule has 24 heavy (non-hydrogen) atoms. The predicted molar refractivity (Wildman–Crippen MR) is 95.1 cm³/mol. The van der Waals surface area contributed by atoms with Crippen LogP contribution in [0.4, 0.5) is 11.6 Å². The van der Waals surface area contributed by atoms with Crippen molar-refractivity contribution in [3.05, 3.63) is 46.7 Å². The standard InChI is InChI=1S/C17H20ClN5O/c1-12-2-4-13(5-3-12)10-14(24)22-6-8-23(9-7-22)17-15(18)16(19)20-11-21-17/h2-5,11H,6-10H2,1H3,(H2,19,20,21). The Kier molecular flexibility index (Phi) is 4.85. The highest BCUT2D eigenvalue weighted by molar-refractivity contribution is 6.35. The third-order valence-electron chi connectivity index (χ3n) is 4.21. The Morgan fingerprint density at radius 3 is 2.50 bits per heavy atom. The Labute approximate surface area is 146 Å². The number of amides is 1. The summed E-state index contributed by atoms with van der Waals surface area (Å²) in [6, 6.07) is 8.07. The lowest BCUT2D eigenvalue weighted by atomic mass is 10.1. The molecule has 1 amide bonds. The molecule has 1 saturated heterocycles. The highest BCUT2D eigenvalue weighted by atomic mass is 35.5. The lowest BCUT2D eigenvalue weighted by Crippen LogP contribution is -2.49. The van der Waals surface area contributed by atoms with E-state index in [1.807, 2.05) is 41.0 Å². The van der Waals surface area contributed by atoms with E-state index in [1.54, 1.807) is 0 Å². The summed E-state index contributed by atoms with van der Waals surface area (Å²) >= 11 is 6.17. The molecule has 1 aromatic carbocycles. The molecule has 126 valence electrons. The first-order valence-electron chi connectivity index (χ1n) is 7.89. The number of piperazine rings is 1. The van der Waals surface area contributed by atoms with Crippen LogP contribution in [-0.4, -0.2) is 47.0 Å². The van der Waals surface area contributed by atoms with Crippen LogP contribution in [0, 0.1) is 6.92 Å². The number of halogens is 1. The van der Waals surface area contributed by atoms with Gasteiger partial charge in [0, 0.05) is 26.2 Å². The van der Waals surface area contributed by atoms with Crippen LogP contribution in [0.1, 0.15) is 11.1 Å². The lowest BCUT2D eigenvalue weighted by molar-refractivity contribution is -0.130. The second kappa shape index (κ2) is 7.05. The third-order valence-corrected chi connectivity index (χ3v) is 4.57. The van der Waals surface area contributed by atoms with Gasteiger partial charge in [0.1, 0.15) is 17.2 Å². The average molecular weight is 346 g/mol. The summed E-state index contributed by atoms with van der Waals surface area (Å²) in [5.41, 5.74) is 7.96. The Balaban J connectivity index is 1.59. The highest BCUT2D eigenvalue weighted by Gasteiger charge is 2.23. The maximum atomic E-state index is 12.5. The van der Waals surface area contributed by atoms with Crippen LogP contribution in [0.3, 0.4) is 0 Å². The summed E-state index contributed by atoms with van der Waals surface area (Å²) in [6.07, 6.45) is 1.84. The topological polar surface area (TPSA) is 75.4 Å². The smallest absolute Gasteiger partial charge is 0.227 e. The molecule has 2 aromatic rings. The zero-order valence-corrected chi connectivity index (χ0v) is 14.3. The van der Waals surface area contributed by atoms with E-state index in [9.17, 15) is 4.79 Å². The number of nitrogen functional groups attached to an aromatic ring is 1. The lowest BCUT2D eigenvalue weighted by Gasteiger charge is -2.35. The van der Waals surface area contributed by atoms with Crippen molar-refractivity contribution in [1.82, 2.24) is 14.9 Å². The number of rotatable bonds is 3. The summed E-state index contributed by atoms with van der Waals surface area (Å²) in [7, 11) is 0. The van der Waals surface area contributed by atoms with E-state index in [-0.39, 0.29) is 11.7 Å². The monoisotopic (exact) mass is 345 g/mol. The van der Waals surface area contributed by atoms with Crippen LogP contribution in [0.5, 0.6) is 0 Å². The average Bonchev–Trinajstić information content (AvgIpc) is 2.59. The van der Waals surface area contributed by atoms with Gasteiger partial charge < -0.3 is 15.5 Å². The molecule has 0 bridgehead atoms. The third kappa shape index (κ3) is 3.59. The number of hydrogen-bond acceptors (Lipinski definition) is 5. The molecular formula is C17H20ClN5O. The molecule has 0 saturated carbocycles. The zero-order chi connectivity index (χ0) is 17.1. The van der Waals surface area contributed by atoms with Crippen LogP contribution in [0.25, 0.3) is 0 Å². The number of carbonyl (C=O) groups is 1. The molecule has 1 aromatic heterocycles. The van der Waals surface area contributed by atoms with Gasteiger partial charge in [0.2, 0.25) is 5.91 Å². The summed E-state index contributed by atoms with van der Waals surface area (Å²) in [5.74, 6) is 1.06. The van der Waals surface area contributed by atoms with Gasteiger partial charge in [-0.15, -0.1) is 0 Å². The molecule has 0 aliphatic carbocycles. The van der Waals surface area contributed by atoms with Gasteiger partial charge in [0.15, 0.2) is 5.82 Å². The summed E-state index contributed by atoms with van der Waals surface area (Å²) in [5, 5.41) is 0.372. The van der Waals surface area contributed by atoms with E-state index < -0.39 is 0 Å². The van der Waals surface area contributed by atoms with Crippen LogP contribution in [-0.2, 0) is 11.2 Å². The first-order valence-corrected chi connectivity index (χ1v) is 8.26. The fourth-order valence-electron chi connectivity index (χ4n) is 2.75. The molecule has 0 atom stereocenters. The number of hydrogen-bond donors (Lipinski definition) is 1. The van der Waals surface area contributed by atoms with Gasteiger partial charge >= 0.3 is 0 Å². The molecule has 1 aliphatic heterocycles. The largest absolute Gasteiger partial charge is 0.382 e. The minimum atomic E-state index is 0.145. The molecule has 0 spiro atoms. The van der Waals surface area contributed by atoms with E-state index >= 15 is 0 Å². The minimum Gasteiger partial charge on any atom is -0.382 e. The highest BCUT2D eigenvalue weighted by Crippen LogP contribution is 2.27. The summed E-state index contributed by atoms with van der Waals surface area (Å²) in [6.45, 7) is 4.68. The maximum absolute atomic E-state index is 12.5. The van der Waals surface area contributed by atoms with Crippen molar-refractivity contribution in [1.29, 1.82) is 0 Å². The minimum absolute atomic E-state index is 0.145. The molecule has 7 heteroatoms. The number of nitrogens with zero attached hydrogens (tertiary/aromatic N) is 4. The van der Waals surface area contributed by atoms with E-state index in [0.717, 1.165) is 5.56 Å². The Hall–Kier alpha value is -2.34. The first kappa shape index (κ1) is 16.5. The van der Waals surface area contributed by atoms with Crippen LogP contribution >= 0.6 is 11.6 Å². The van der Waals surface area contributed by atoms with Gasteiger partial charge in [-0.05, 0) is 12.5 Å². The molecule has 2 heterocycles. The predicted octanol–water partition coefficient (Wildman–Crippen LogP) is 1.91. The van der Waals surface area contributed by atoms with Crippen LogP contribution in [0.2, 0.25) is 5.02 Å². The molecule has 2 N–H and O–H groups in total. The molecule has 1 fully saturated rings. The molecule has 0 unspecified atom stereocenters. The van der Waals surface area contributed by atoms with E-state index in [4.69, 9.17) is 17.3 Å². The van der Waals surface area contributed by atoms with Crippen molar-refractivity contribution in [2.75, 3.05) is 36.8 Å². The summed E-state index contributed by atoms with van der Waals surface area (Å²) < 4.78 is 0. The Bertz CT molecular complexity index is 726. The second-order valence-corrected chi connectivity index (χ2v) is 6.30. The number of nitrogens with two attached hydrogens (primary N) is 1. The molecule has 3 rings (SSSR count). The first-order chi connectivity index (χ1) is 11.5. The van der Waals surface area contributed by atoms with Gasteiger partial charge in [0.25, 0.3) is 0 Å². The number of benzene rings is 1. The van der Waals surface area contributed by atoms with Gasteiger partial charge in [0.05, 0.1) is 6.42 Å². The van der Waals surface area contributed by atoms with Crippen molar-refractivity contribution in [3.8, 4) is 0 Å². The van der Waals surface area contributed by atoms with Gasteiger partial charge in [-0.25, -0.2) is 9.97 Å². The van der Waals surface area contributed by atoms with Crippen molar-refractivity contribution in [2.24, 2.45) is 0 Å². The van der Waals surface area contributed by atoms with E-state index in [1.165, 1.54) is 11.9 Å². The van der Waals surface area contributed by atoms with Crippen molar-refractivity contribution >= 4 is 29.1 Å². The normalized spacial score (nSPS) is 14.8. The van der Waals surface area contributed by atoms with Gasteiger partial charge in [-0.1, -0.05) is 41.4 Å². The van der Waals surface area contributed by atoms with E-state index in [2.05, 4.69) is 9.97 Å². The van der Waals surface area contributed by atoms with E-state index in [0.29, 0.717) is 43.4 Å². The number of aryl methyl sites for hydroxylation is 1. The zero-order valence-electron chi connectivity index (χ0n) is 13.6. The van der Waals surface area contributed by atoms with Gasteiger partial charge in [-0.3, -0.25) is 4.79 Å². The number of aromatic nitrogens is 2. The molecule has 1 aliphatic rings. The Morgan fingerprint density at radius 2 is 1.83 bits per heavy atom. The number of carbonyl (C=O) groups excluding carboxylic acids is 1. The molecule has 0 radical (unpaired) electrons. The van der Waals surface area contributed by atoms with Crippen LogP contribution in [0.15, 0.2) is 30.6 Å². The van der Waals surface area contributed by atoms with Crippen molar-refractivity contribution in [2.45, 2.75) is 13.3 Å². The SMILES string of the molecule is Cc1ccc(CC(=O)N2CCN(c3ncnc(N)c3Cl)CC2)cc1. The molecular weight excluding hydrogens is 326 g/mol. The number of anilines is 2. The van der Waals surface area contributed by atoms with Crippen molar-refractivity contribution < 1.29 is 4.79 Å².